The van der Waals surface area contributed by atoms with Crippen LogP contribution in [0.5, 0.6) is 0 Å². The minimum Gasteiger partial charge on any atom is -0.200 e. The Kier molecular flexibility index (Phi) is 7.24. The van der Waals surface area contributed by atoms with Crippen molar-refractivity contribution in [3.63, 3.8) is 0 Å². The molecule has 0 N–H and O–H groups in total. The number of hydrogen-bond donors (Lipinski definition) is 0. The Morgan fingerprint density at radius 1 is 0.707 bits per heavy atom. The monoisotopic (exact) mass is 554 g/mol. The average Bonchev–Trinajstić information content (AvgIpc) is 3.51. The molecule has 0 amide bonds. The number of aromatic nitrogens is 1. The zero-order valence-corrected chi connectivity index (χ0v) is 26.7. The molecule has 1 aliphatic rings. The van der Waals surface area contributed by atoms with E-state index >= 15 is 0 Å². The molecule has 1 fully saturated rings. The summed E-state index contributed by atoms with van der Waals surface area (Å²) in [6, 6.07) is 37.3. The number of pyridine rings is 1. The number of nitrogens with zero attached hydrogens (tertiary/aromatic N) is 1. The maximum atomic E-state index is 2.53. The fraction of sp³-hybridized carbons (Fsp3) is 0.308. The van der Waals surface area contributed by atoms with Gasteiger partial charge in [-0.15, -0.1) is 0 Å². The lowest BCUT2D eigenvalue weighted by molar-refractivity contribution is -0.659. The third-order valence-corrected chi connectivity index (χ3v) is 15.7. The third kappa shape index (κ3) is 4.67. The summed E-state index contributed by atoms with van der Waals surface area (Å²) in [5.41, 5.74) is 7.05. The molecule has 0 aliphatic heterocycles. The van der Waals surface area contributed by atoms with Crippen molar-refractivity contribution in [2.45, 2.75) is 71.3 Å². The summed E-state index contributed by atoms with van der Waals surface area (Å²) in [4.78, 5) is 0. The maximum absolute atomic E-state index is 2.53. The molecule has 0 bridgehead atoms. The van der Waals surface area contributed by atoms with Crippen LogP contribution < -0.4 is 20.1 Å². The van der Waals surface area contributed by atoms with Gasteiger partial charge >= 0.3 is 0 Å². The van der Waals surface area contributed by atoms with E-state index in [1.54, 1.807) is 0 Å². The largest absolute Gasteiger partial charge is 0.220 e. The quantitative estimate of drug-likeness (QED) is 0.118. The van der Waals surface area contributed by atoms with Crippen molar-refractivity contribution in [3.8, 4) is 11.3 Å². The second-order valence-corrected chi connectivity index (χ2v) is 18.0. The molecule has 1 aliphatic carbocycles. The second kappa shape index (κ2) is 10.7. The lowest BCUT2D eigenvalue weighted by Gasteiger charge is -2.44. The van der Waals surface area contributed by atoms with E-state index in [0.717, 1.165) is 0 Å². The molecule has 2 heteroatoms. The fourth-order valence-corrected chi connectivity index (χ4v) is 13.4. The lowest BCUT2D eigenvalue weighted by atomic mass is 9.89. The first kappa shape index (κ1) is 27.7. The van der Waals surface area contributed by atoms with Crippen LogP contribution in [0.3, 0.4) is 0 Å². The van der Waals surface area contributed by atoms with E-state index in [1.165, 1.54) is 80.0 Å². The van der Waals surface area contributed by atoms with Gasteiger partial charge in [0, 0.05) is 6.07 Å². The Morgan fingerprint density at radius 3 is 1.90 bits per heavy atom. The number of fused-ring (bicyclic) bond motifs is 1. The van der Waals surface area contributed by atoms with Gasteiger partial charge < -0.3 is 0 Å². The smallest absolute Gasteiger partial charge is 0.200 e. The van der Waals surface area contributed by atoms with Gasteiger partial charge in [0.2, 0.25) is 5.69 Å². The molecule has 1 saturated carbocycles. The summed E-state index contributed by atoms with van der Waals surface area (Å²) < 4.78 is 2.34. The molecule has 1 heterocycles. The van der Waals surface area contributed by atoms with Crippen molar-refractivity contribution < 1.29 is 4.57 Å². The maximum Gasteiger partial charge on any atom is 0.220 e. The van der Waals surface area contributed by atoms with Crippen molar-refractivity contribution in [1.82, 2.24) is 0 Å². The van der Waals surface area contributed by atoms with E-state index in [1.807, 2.05) is 0 Å². The Balaban J connectivity index is 1.61. The normalized spacial score (nSPS) is 14.6. The van der Waals surface area contributed by atoms with Crippen LogP contribution in [0, 0.1) is 13.8 Å². The van der Waals surface area contributed by atoms with E-state index in [2.05, 4.69) is 149 Å². The van der Waals surface area contributed by atoms with Crippen LogP contribution in [-0.4, -0.2) is 8.07 Å². The first-order chi connectivity index (χ1) is 19.7. The number of rotatable bonds is 5. The molecule has 4 aromatic carbocycles. The highest BCUT2D eigenvalue weighted by Gasteiger charge is 2.49. The van der Waals surface area contributed by atoms with Crippen molar-refractivity contribution in [3.05, 3.63) is 120 Å². The summed E-state index contributed by atoms with van der Waals surface area (Å²) in [6.07, 6.45) is 7.64. The minimum atomic E-state index is -2.41. The van der Waals surface area contributed by atoms with Gasteiger partial charge in [-0.25, -0.2) is 4.57 Å². The number of benzene rings is 4. The molecule has 0 saturated heterocycles. The first-order valence-corrected chi connectivity index (χ1v) is 17.4. The van der Waals surface area contributed by atoms with Crippen molar-refractivity contribution >= 4 is 34.4 Å². The zero-order chi connectivity index (χ0) is 28.8. The second-order valence-electron chi connectivity index (χ2n) is 13.3. The molecule has 208 valence electrons. The molecule has 0 spiro atoms. The molecule has 0 radical (unpaired) electrons. The molecule has 1 aromatic heterocycles. The molecule has 0 unspecified atom stereocenters. The Bertz CT molecular complexity index is 1650. The van der Waals surface area contributed by atoms with Gasteiger partial charge in [-0.05, 0) is 87.4 Å². The summed E-state index contributed by atoms with van der Waals surface area (Å²) in [6.45, 7) is 11.9. The van der Waals surface area contributed by atoms with Gasteiger partial charge in [0.1, 0.15) is 7.05 Å². The van der Waals surface area contributed by atoms with Crippen LogP contribution >= 0.6 is 0 Å². The lowest BCUT2D eigenvalue weighted by Crippen LogP contribution is -2.72. The molecular formula is C39H44NSi+. The number of aryl methyl sites for hydroxylation is 2. The predicted molar refractivity (Wildman–Crippen MR) is 178 cm³/mol. The van der Waals surface area contributed by atoms with Gasteiger partial charge in [0.15, 0.2) is 14.3 Å². The Labute approximate surface area is 247 Å². The summed E-state index contributed by atoms with van der Waals surface area (Å²) in [7, 11) is -0.196. The van der Waals surface area contributed by atoms with E-state index in [-0.39, 0.29) is 5.04 Å². The van der Waals surface area contributed by atoms with Gasteiger partial charge in [-0.2, -0.15) is 0 Å². The van der Waals surface area contributed by atoms with Crippen LogP contribution in [0.4, 0.5) is 0 Å². The highest BCUT2D eigenvalue weighted by molar-refractivity contribution is 7.13. The predicted octanol–water partition coefficient (Wildman–Crippen LogP) is 7.88. The van der Waals surface area contributed by atoms with Gasteiger partial charge in [0.05, 0.1) is 10.9 Å². The fourth-order valence-electron chi connectivity index (χ4n) is 7.74. The van der Waals surface area contributed by atoms with Gasteiger partial charge in [-0.3, -0.25) is 0 Å². The van der Waals surface area contributed by atoms with Crippen molar-refractivity contribution in [2.75, 3.05) is 0 Å². The molecule has 0 atom stereocenters. The van der Waals surface area contributed by atoms with Gasteiger partial charge in [-0.1, -0.05) is 112 Å². The Hall–Kier alpha value is -3.49. The van der Waals surface area contributed by atoms with Crippen LogP contribution in [0.2, 0.25) is 5.04 Å². The van der Waals surface area contributed by atoms with E-state index in [4.69, 9.17) is 0 Å². The van der Waals surface area contributed by atoms with Crippen molar-refractivity contribution in [2.24, 2.45) is 7.05 Å². The molecule has 1 nitrogen and oxygen atoms in total. The third-order valence-electron chi connectivity index (χ3n) is 9.88. The topological polar surface area (TPSA) is 3.88 Å². The minimum absolute atomic E-state index is 0.0645. The molecule has 6 rings (SSSR count). The van der Waals surface area contributed by atoms with E-state index < -0.39 is 8.07 Å². The average molecular weight is 555 g/mol. The zero-order valence-electron chi connectivity index (χ0n) is 25.7. The van der Waals surface area contributed by atoms with Crippen LogP contribution in [0.15, 0.2) is 103 Å². The van der Waals surface area contributed by atoms with Crippen molar-refractivity contribution in [1.29, 1.82) is 0 Å². The SMILES string of the molecule is Cc1cc(C2CCCC2)cc(-c2c3ccc([Si](c4ccccc4)(c4ccccc4)C(C)(C)C)cc3cc[n+]2C)c1C. The Morgan fingerprint density at radius 2 is 1.32 bits per heavy atom. The summed E-state index contributed by atoms with van der Waals surface area (Å²) in [5, 5.41) is 7.14. The van der Waals surface area contributed by atoms with Crippen LogP contribution in [0.25, 0.3) is 22.0 Å². The van der Waals surface area contributed by atoms with E-state index in [0.29, 0.717) is 5.92 Å². The molecule has 41 heavy (non-hydrogen) atoms. The molecular weight excluding hydrogens is 511 g/mol. The molecule has 5 aromatic rings. The first-order valence-electron chi connectivity index (χ1n) is 15.4. The number of hydrogen-bond acceptors (Lipinski definition) is 0. The highest BCUT2D eigenvalue weighted by atomic mass is 28.3. The van der Waals surface area contributed by atoms with Crippen LogP contribution in [-0.2, 0) is 7.05 Å². The van der Waals surface area contributed by atoms with Gasteiger partial charge in [0.25, 0.3) is 0 Å². The van der Waals surface area contributed by atoms with Crippen LogP contribution in [0.1, 0.15) is 69.1 Å². The highest BCUT2D eigenvalue weighted by Crippen LogP contribution is 2.39. The van der Waals surface area contributed by atoms with E-state index in [9.17, 15) is 0 Å². The standard InChI is InChI=1S/C39H44NSi/c1-28-25-32(30-15-13-14-16-30)27-37(29(28)2)38-36-22-21-35(26-31(36)23-24-40(38)6)41(39(3,4)5,33-17-9-7-10-18-33)34-19-11-8-12-20-34/h7-12,17-27,30H,13-16H2,1-6H3/q+1. The summed E-state index contributed by atoms with van der Waals surface area (Å²) >= 11 is 0. The summed E-state index contributed by atoms with van der Waals surface area (Å²) in [5.74, 6) is 0.704.